The van der Waals surface area contributed by atoms with Crippen LogP contribution in [0.2, 0.25) is 0 Å². The zero-order valence-electron chi connectivity index (χ0n) is 11.6. The van der Waals surface area contributed by atoms with E-state index in [0.717, 1.165) is 36.8 Å². The number of rotatable bonds is 3. The number of nitrogens with one attached hydrogen (secondary N) is 1. The van der Waals surface area contributed by atoms with Crippen molar-refractivity contribution in [3.63, 3.8) is 0 Å². The summed E-state index contributed by atoms with van der Waals surface area (Å²) < 4.78 is 3.44. The Morgan fingerprint density at radius 2 is 2.18 bits per heavy atom. The third-order valence-electron chi connectivity index (χ3n) is 3.33. The molecule has 0 unspecified atom stereocenters. The van der Waals surface area contributed by atoms with Crippen molar-refractivity contribution in [1.29, 1.82) is 0 Å². The minimum Gasteiger partial charge on any atom is -0.340 e. The molecule has 4 rings (SSSR count). The molecule has 7 heteroatoms. The number of aromatic amines is 1. The number of halogens is 1. The Kier molecular flexibility index (Phi) is 3.79. The standard InChI is InChI=1S/C15H11IN4S2/c1-21-15-19-10-3-2-8(4-12(10)22-15)5-13-18-11-6-9(16)7-17-14(11)20-13/h2-4,6-7H,5H2,1H3,(H,17,18,20). The first-order valence-corrected chi connectivity index (χ1v) is 9.77. The Hall–Kier alpha value is -1.19. The van der Waals surface area contributed by atoms with Crippen LogP contribution in [0.4, 0.5) is 0 Å². The van der Waals surface area contributed by atoms with Crippen LogP contribution >= 0.6 is 45.7 Å². The van der Waals surface area contributed by atoms with Crippen molar-refractivity contribution in [1.82, 2.24) is 19.9 Å². The molecule has 22 heavy (non-hydrogen) atoms. The number of thioether (sulfide) groups is 1. The summed E-state index contributed by atoms with van der Waals surface area (Å²) in [6.07, 6.45) is 4.66. The molecule has 0 fully saturated rings. The van der Waals surface area contributed by atoms with Crippen LogP contribution in [-0.4, -0.2) is 26.2 Å². The molecule has 1 aromatic carbocycles. The largest absolute Gasteiger partial charge is 0.340 e. The van der Waals surface area contributed by atoms with E-state index in [0.29, 0.717) is 0 Å². The monoisotopic (exact) mass is 438 g/mol. The average molecular weight is 438 g/mol. The number of hydrogen-bond donors (Lipinski definition) is 1. The van der Waals surface area contributed by atoms with E-state index < -0.39 is 0 Å². The second kappa shape index (κ2) is 5.78. The van der Waals surface area contributed by atoms with Crippen LogP contribution in [0.1, 0.15) is 11.4 Å². The number of imidazole rings is 1. The third-order valence-corrected chi connectivity index (χ3v) is 5.93. The lowest BCUT2D eigenvalue weighted by atomic mass is 10.1. The van der Waals surface area contributed by atoms with Gasteiger partial charge in [0, 0.05) is 16.2 Å². The maximum absolute atomic E-state index is 4.57. The van der Waals surface area contributed by atoms with Gasteiger partial charge in [-0.05, 0) is 52.6 Å². The molecule has 0 aliphatic carbocycles. The molecule has 0 aliphatic rings. The summed E-state index contributed by atoms with van der Waals surface area (Å²) in [5.74, 6) is 0.943. The molecule has 0 saturated heterocycles. The number of fused-ring (bicyclic) bond motifs is 2. The molecule has 1 N–H and O–H groups in total. The molecule has 4 nitrogen and oxygen atoms in total. The van der Waals surface area contributed by atoms with Gasteiger partial charge in [-0.3, -0.25) is 0 Å². The van der Waals surface area contributed by atoms with Gasteiger partial charge in [-0.15, -0.1) is 11.3 Å². The lowest BCUT2D eigenvalue weighted by Gasteiger charge is -1.97. The molecule has 0 aliphatic heterocycles. The highest BCUT2D eigenvalue weighted by Gasteiger charge is 2.08. The fourth-order valence-corrected chi connectivity index (χ4v) is 4.35. The highest BCUT2D eigenvalue weighted by atomic mass is 127. The van der Waals surface area contributed by atoms with Crippen molar-refractivity contribution in [2.45, 2.75) is 10.8 Å². The van der Waals surface area contributed by atoms with E-state index in [4.69, 9.17) is 0 Å². The van der Waals surface area contributed by atoms with Crippen molar-refractivity contribution < 1.29 is 0 Å². The first-order chi connectivity index (χ1) is 10.7. The SMILES string of the molecule is CSc1nc2ccc(Cc3nc4ncc(I)cc4[nH]3)cc2s1. The number of nitrogens with zero attached hydrogens (tertiary/aromatic N) is 3. The molecule has 0 radical (unpaired) electrons. The summed E-state index contributed by atoms with van der Waals surface area (Å²) in [7, 11) is 0. The molecule has 3 aromatic heterocycles. The van der Waals surface area contributed by atoms with E-state index >= 15 is 0 Å². The van der Waals surface area contributed by atoms with Gasteiger partial charge < -0.3 is 4.98 Å². The van der Waals surface area contributed by atoms with Gasteiger partial charge in [0.2, 0.25) is 0 Å². The van der Waals surface area contributed by atoms with Crippen LogP contribution in [0.5, 0.6) is 0 Å². The van der Waals surface area contributed by atoms with Crippen LogP contribution < -0.4 is 0 Å². The van der Waals surface area contributed by atoms with Gasteiger partial charge in [-0.1, -0.05) is 17.8 Å². The topological polar surface area (TPSA) is 54.5 Å². The molecule has 0 saturated carbocycles. The van der Waals surface area contributed by atoms with Crippen molar-refractivity contribution in [3.05, 3.63) is 45.4 Å². The number of benzene rings is 1. The number of H-pyrrole nitrogens is 1. The second-order valence-corrected chi connectivity index (χ2v) is 8.20. The maximum Gasteiger partial charge on any atom is 0.177 e. The zero-order valence-corrected chi connectivity index (χ0v) is 15.4. The molecular weight excluding hydrogens is 427 g/mol. The van der Waals surface area contributed by atoms with Crippen LogP contribution in [0, 0.1) is 3.57 Å². The Bertz CT molecular complexity index is 976. The highest BCUT2D eigenvalue weighted by Crippen LogP contribution is 2.29. The maximum atomic E-state index is 4.57. The summed E-state index contributed by atoms with van der Waals surface area (Å²) in [5.41, 5.74) is 4.07. The molecule has 110 valence electrons. The fraction of sp³-hybridized carbons (Fsp3) is 0.133. The fourth-order valence-electron chi connectivity index (χ4n) is 2.35. The van der Waals surface area contributed by atoms with Crippen molar-refractivity contribution in [2.24, 2.45) is 0 Å². The van der Waals surface area contributed by atoms with Crippen LogP contribution in [-0.2, 0) is 6.42 Å². The first-order valence-electron chi connectivity index (χ1n) is 6.65. The van der Waals surface area contributed by atoms with Crippen LogP contribution in [0.25, 0.3) is 21.4 Å². The minimum absolute atomic E-state index is 0.773. The quantitative estimate of drug-likeness (QED) is 0.379. The van der Waals surface area contributed by atoms with Gasteiger partial charge in [-0.25, -0.2) is 15.0 Å². The van der Waals surface area contributed by atoms with E-state index in [9.17, 15) is 0 Å². The molecule has 0 atom stereocenters. The van der Waals surface area contributed by atoms with Gasteiger partial charge in [-0.2, -0.15) is 0 Å². The van der Waals surface area contributed by atoms with Gasteiger partial charge >= 0.3 is 0 Å². The number of aromatic nitrogens is 4. The Morgan fingerprint density at radius 3 is 3.05 bits per heavy atom. The summed E-state index contributed by atoms with van der Waals surface area (Å²) in [6, 6.07) is 8.48. The molecule has 4 aromatic rings. The van der Waals surface area contributed by atoms with Crippen LogP contribution in [0.15, 0.2) is 34.8 Å². The van der Waals surface area contributed by atoms with E-state index in [-0.39, 0.29) is 0 Å². The highest BCUT2D eigenvalue weighted by molar-refractivity contribution is 14.1. The smallest absolute Gasteiger partial charge is 0.177 e. The first kappa shape index (κ1) is 14.4. The summed E-state index contributed by atoms with van der Waals surface area (Å²) in [6.45, 7) is 0. The van der Waals surface area contributed by atoms with E-state index in [1.54, 1.807) is 23.1 Å². The Morgan fingerprint density at radius 1 is 1.27 bits per heavy atom. The predicted octanol–water partition coefficient (Wildman–Crippen LogP) is 4.48. The van der Waals surface area contributed by atoms with Crippen molar-refractivity contribution in [3.8, 4) is 0 Å². The van der Waals surface area contributed by atoms with Crippen molar-refractivity contribution in [2.75, 3.05) is 6.26 Å². The lowest BCUT2D eigenvalue weighted by Crippen LogP contribution is -1.90. The lowest BCUT2D eigenvalue weighted by molar-refractivity contribution is 1.04. The molecule has 0 bridgehead atoms. The summed E-state index contributed by atoms with van der Waals surface area (Å²) in [5, 5.41) is 0. The molecular formula is C15H11IN4S2. The normalized spacial score (nSPS) is 11.5. The van der Waals surface area contributed by atoms with Crippen molar-refractivity contribution >= 4 is 67.1 Å². The number of thiazole rings is 1. The second-order valence-electron chi connectivity index (χ2n) is 4.87. The molecule has 3 heterocycles. The predicted molar refractivity (Wildman–Crippen MR) is 101 cm³/mol. The molecule has 0 amide bonds. The number of hydrogen-bond acceptors (Lipinski definition) is 5. The summed E-state index contributed by atoms with van der Waals surface area (Å²) >= 11 is 5.68. The van der Waals surface area contributed by atoms with Gasteiger partial charge in [0.1, 0.15) is 5.82 Å². The third kappa shape index (κ3) is 2.72. The van der Waals surface area contributed by atoms with E-state index in [1.807, 2.05) is 6.20 Å². The van der Waals surface area contributed by atoms with E-state index in [2.05, 4.69) is 73.0 Å². The Balaban J connectivity index is 1.68. The van der Waals surface area contributed by atoms with Gasteiger partial charge in [0.15, 0.2) is 9.99 Å². The van der Waals surface area contributed by atoms with Gasteiger partial charge in [0.25, 0.3) is 0 Å². The molecule has 0 spiro atoms. The van der Waals surface area contributed by atoms with Crippen LogP contribution in [0.3, 0.4) is 0 Å². The van der Waals surface area contributed by atoms with E-state index in [1.165, 1.54) is 10.3 Å². The average Bonchev–Trinajstić information content (AvgIpc) is 3.09. The minimum atomic E-state index is 0.773. The summed E-state index contributed by atoms with van der Waals surface area (Å²) in [4.78, 5) is 16.8. The Labute approximate surface area is 148 Å². The van der Waals surface area contributed by atoms with Gasteiger partial charge in [0.05, 0.1) is 15.7 Å². The zero-order chi connectivity index (χ0) is 15.1. The number of pyridine rings is 1.